The molecule has 1 aliphatic carbocycles. The van der Waals surface area contributed by atoms with Crippen LogP contribution < -0.4 is 4.74 Å². The molecule has 0 saturated carbocycles. The van der Waals surface area contributed by atoms with Crippen LogP contribution in [0.2, 0.25) is 0 Å². The Morgan fingerprint density at radius 2 is 2.17 bits per heavy atom. The van der Waals surface area contributed by atoms with Crippen molar-refractivity contribution in [2.24, 2.45) is 0 Å². The van der Waals surface area contributed by atoms with Crippen LogP contribution in [-0.4, -0.2) is 41.5 Å². The number of aryl methyl sites for hydroxylation is 3. The van der Waals surface area contributed by atoms with E-state index in [0.29, 0.717) is 5.75 Å². The molecule has 160 valence electrons. The Hall–Kier alpha value is -2.14. The molecule has 4 nitrogen and oxygen atoms in total. The van der Waals surface area contributed by atoms with Gasteiger partial charge in [0, 0.05) is 18.4 Å². The van der Waals surface area contributed by atoms with Gasteiger partial charge in [0.15, 0.2) is 0 Å². The molecule has 0 radical (unpaired) electrons. The van der Waals surface area contributed by atoms with Crippen molar-refractivity contribution in [3.8, 4) is 5.75 Å². The molecule has 0 bridgehead atoms. The summed E-state index contributed by atoms with van der Waals surface area (Å²) in [5.41, 5.74) is 7.97. The molecule has 1 aliphatic heterocycles. The summed E-state index contributed by atoms with van der Waals surface area (Å²) in [6.45, 7) is 2.97. The number of amides is 1. The molecule has 2 aromatic rings. The van der Waals surface area contributed by atoms with E-state index in [9.17, 15) is 4.79 Å². The maximum atomic E-state index is 12.9. The molecule has 1 unspecified atom stereocenters. The van der Waals surface area contributed by atoms with Gasteiger partial charge >= 0.3 is 0 Å². The highest BCUT2D eigenvalue weighted by atomic mass is 32.2. The number of fused-ring (bicyclic) bond motifs is 2. The number of rotatable bonds is 7. The molecule has 4 rings (SSSR count). The van der Waals surface area contributed by atoms with Gasteiger partial charge in [-0.25, -0.2) is 0 Å². The fourth-order valence-electron chi connectivity index (χ4n) is 4.93. The van der Waals surface area contributed by atoms with Gasteiger partial charge in [0.05, 0.1) is 18.9 Å². The van der Waals surface area contributed by atoms with Crippen LogP contribution in [0, 0.1) is 0 Å². The fourth-order valence-corrected chi connectivity index (χ4v) is 5.34. The van der Waals surface area contributed by atoms with Crippen LogP contribution in [0.3, 0.4) is 0 Å². The number of carbonyl (C=O) groups is 1. The van der Waals surface area contributed by atoms with Gasteiger partial charge in [-0.15, -0.1) is 0 Å². The number of hydrogen-bond acceptors (Lipinski definition) is 3. The Labute approximate surface area is 184 Å². The molecule has 0 spiro atoms. The minimum absolute atomic E-state index is 0.103. The maximum Gasteiger partial charge on any atom is 0.233 e. The van der Waals surface area contributed by atoms with Crippen molar-refractivity contribution in [1.29, 1.82) is 0 Å². The lowest BCUT2D eigenvalue weighted by Crippen LogP contribution is -2.41. The molecule has 1 aromatic heterocycles. The second kappa shape index (κ2) is 9.34. The van der Waals surface area contributed by atoms with E-state index >= 15 is 0 Å². The standard InChI is InChI=1S/C25H32N2O2S/c1-4-17-13-18-11-12-27(25(28)16-30-3)23(21(18)14-24(17)29-2)10-9-19-15-26-22-8-6-5-7-20(19)22/h5,7,13-15,23,26H,4,6,8-12,16H2,1-3H3. The zero-order valence-corrected chi connectivity index (χ0v) is 19.1. The van der Waals surface area contributed by atoms with Crippen molar-refractivity contribution < 1.29 is 9.53 Å². The summed E-state index contributed by atoms with van der Waals surface area (Å²) >= 11 is 1.60. The van der Waals surface area contributed by atoms with Gasteiger partial charge in [-0.05, 0) is 78.7 Å². The predicted molar refractivity (Wildman–Crippen MR) is 125 cm³/mol. The predicted octanol–water partition coefficient (Wildman–Crippen LogP) is 4.97. The first-order valence-electron chi connectivity index (χ1n) is 11.0. The van der Waals surface area contributed by atoms with Crippen LogP contribution in [0.5, 0.6) is 5.75 Å². The second-order valence-electron chi connectivity index (χ2n) is 8.19. The molecular formula is C25H32N2O2S. The van der Waals surface area contributed by atoms with E-state index in [-0.39, 0.29) is 11.9 Å². The number of nitrogens with one attached hydrogen (secondary N) is 1. The van der Waals surface area contributed by atoms with E-state index < -0.39 is 0 Å². The lowest BCUT2D eigenvalue weighted by atomic mass is 9.86. The first-order valence-corrected chi connectivity index (χ1v) is 12.4. The number of aromatic amines is 1. The molecule has 1 aromatic carbocycles. The Kier molecular flexibility index (Phi) is 6.57. The van der Waals surface area contributed by atoms with Crippen LogP contribution in [-0.2, 0) is 30.5 Å². The Bertz CT molecular complexity index is 947. The number of aromatic nitrogens is 1. The smallest absolute Gasteiger partial charge is 0.233 e. The van der Waals surface area contributed by atoms with E-state index in [0.717, 1.165) is 50.8 Å². The van der Waals surface area contributed by atoms with Gasteiger partial charge < -0.3 is 14.6 Å². The minimum atomic E-state index is 0.103. The summed E-state index contributed by atoms with van der Waals surface area (Å²) in [6, 6.07) is 4.61. The lowest BCUT2D eigenvalue weighted by molar-refractivity contribution is -0.131. The average molecular weight is 425 g/mol. The average Bonchev–Trinajstić information content (AvgIpc) is 3.19. The monoisotopic (exact) mass is 424 g/mol. The van der Waals surface area contributed by atoms with E-state index in [2.05, 4.69) is 47.3 Å². The van der Waals surface area contributed by atoms with Crippen LogP contribution in [0.1, 0.15) is 59.3 Å². The highest BCUT2D eigenvalue weighted by Gasteiger charge is 2.31. The normalized spacial score (nSPS) is 17.6. The highest BCUT2D eigenvalue weighted by Crippen LogP contribution is 2.38. The largest absolute Gasteiger partial charge is 0.496 e. The minimum Gasteiger partial charge on any atom is -0.496 e. The Morgan fingerprint density at radius 1 is 1.30 bits per heavy atom. The topological polar surface area (TPSA) is 45.3 Å². The quantitative estimate of drug-likeness (QED) is 0.683. The Balaban J connectivity index is 1.65. The summed E-state index contributed by atoms with van der Waals surface area (Å²) in [6.07, 6.45) is 14.7. The number of H-pyrrole nitrogens is 1. The molecule has 1 N–H and O–H groups in total. The second-order valence-corrected chi connectivity index (χ2v) is 9.05. The number of benzene rings is 1. The molecular weight excluding hydrogens is 392 g/mol. The number of hydrogen-bond donors (Lipinski definition) is 1. The number of methoxy groups -OCH3 is 1. The van der Waals surface area contributed by atoms with Gasteiger partial charge in [0.2, 0.25) is 5.91 Å². The van der Waals surface area contributed by atoms with E-state index in [1.807, 2.05) is 6.26 Å². The summed E-state index contributed by atoms with van der Waals surface area (Å²) in [7, 11) is 1.74. The summed E-state index contributed by atoms with van der Waals surface area (Å²) in [4.78, 5) is 18.5. The number of ether oxygens (including phenoxy) is 1. The van der Waals surface area contributed by atoms with Gasteiger partial charge in [0.25, 0.3) is 0 Å². The molecule has 30 heavy (non-hydrogen) atoms. The van der Waals surface area contributed by atoms with Crippen molar-refractivity contribution >= 4 is 23.7 Å². The van der Waals surface area contributed by atoms with E-state index in [1.165, 1.54) is 33.5 Å². The zero-order chi connectivity index (χ0) is 21.1. The summed E-state index contributed by atoms with van der Waals surface area (Å²) in [5.74, 6) is 1.73. The van der Waals surface area contributed by atoms with E-state index in [1.54, 1.807) is 18.9 Å². The first-order chi connectivity index (χ1) is 14.7. The van der Waals surface area contributed by atoms with Crippen molar-refractivity contribution in [3.63, 3.8) is 0 Å². The van der Waals surface area contributed by atoms with Crippen molar-refractivity contribution in [3.05, 3.63) is 57.9 Å². The zero-order valence-electron chi connectivity index (χ0n) is 18.3. The van der Waals surface area contributed by atoms with Gasteiger partial charge in [-0.1, -0.05) is 25.1 Å². The van der Waals surface area contributed by atoms with Crippen molar-refractivity contribution in [2.75, 3.05) is 25.7 Å². The molecule has 2 heterocycles. The number of allylic oxidation sites excluding steroid dienone is 1. The number of carbonyl (C=O) groups excluding carboxylic acids is 1. The summed E-state index contributed by atoms with van der Waals surface area (Å²) < 4.78 is 5.70. The number of thioether (sulfide) groups is 1. The molecule has 2 aliphatic rings. The van der Waals surface area contributed by atoms with E-state index in [4.69, 9.17) is 4.74 Å². The molecule has 5 heteroatoms. The third kappa shape index (κ3) is 4.04. The van der Waals surface area contributed by atoms with Crippen LogP contribution >= 0.6 is 11.8 Å². The van der Waals surface area contributed by atoms with Crippen LogP contribution in [0.25, 0.3) is 6.08 Å². The van der Waals surface area contributed by atoms with Gasteiger partial charge in [0.1, 0.15) is 5.75 Å². The van der Waals surface area contributed by atoms with Crippen LogP contribution in [0.4, 0.5) is 0 Å². The molecule has 0 fully saturated rings. The molecule has 1 atom stereocenters. The third-order valence-electron chi connectivity index (χ3n) is 6.49. The Morgan fingerprint density at radius 3 is 2.93 bits per heavy atom. The lowest BCUT2D eigenvalue weighted by Gasteiger charge is -2.38. The van der Waals surface area contributed by atoms with Crippen LogP contribution in [0.15, 0.2) is 24.4 Å². The van der Waals surface area contributed by atoms with Gasteiger partial charge in [-0.2, -0.15) is 11.8 Å². The SMILES string of the molecule is CCc1cc2c(cc1OC)C(CCc1c[nH]c3c1C=CCC3)N(C(=O)CSC)CC2. The third-order valence-corrected chi connectivity index (χ3v) is 7.03. The number of nitrogens with zero attached hydrogens (tertiary/aromatic N) is 1. The highest BCUT2D eigenvalue weighted by molar-refractivity contribution is 7.99. The molecule has 0 saturated heterocycles. The van der Waals surface area contributed by atoms with Crippen molar-refractivity contribution in [2.45, 2.75) is 51.5 Å². The first kappa shape index (κ1) is 21.1. The molecule has 1 amide bonds. The maximum absolute atomic E-state index is 12.9. The van der Waals surface area contributed by atoms with Crippen molar-refractivity contribution in [1.82, 2.24) is 9.88 Å². The summed E-state index contributed by atoms with van der Waals surface area (Å²) in [5, 5.41) is 0. The van der Waals surface area contributed by atoms with Gasteiger partial charge in [-0.3, -0.25) is 4.79 Å². The fraction of sp³-hybridized carbons (Fsp3) is 0.480.